The third-order valence-electron chi connectivity index (χ3n) is 3.96. The number of benzene rings is 1. The molecule has 1 aromatic carbocycles. The molecule has 4 nitrogen and oxygen atoms in total. The van der Waals surface area contributed by atoms with E-state index in [9.17, 15) is 9.18 Å². The Kier molecular flexibility index (Phi) is 8.35. The maximum Gasteiger partial charge on any atom is 0.256 e. The Balaban J connectivity index is 3.13. The van der Waals surface area contributed by atoms with Gasteiger partial charge in [-0.1, -0.05) is 57.9 Å². The highest BCUT2D eigenvalue weighted by Gasteiger charge is 2.22. The summed E-state index contributed by atoms with van der Waals surface area (Å²) in [5, 5.41) is 3.67. The minimum Gasteiger partial charge on any atom is -0.322 e. The standard InChI is InChI=1S/C20H30FN3O/c1-6-7-8-11-15(4)16-12-9-10-13-17(16)23-20(25)18(14(2)3)19(21)24(5)22/h9-14H,6-8,22H2,1-5H3,(H,23,25)/b15-11-,19-18+. The number of nitrogens with one attached hydrogen (secondary N) is 1. The second-order valence-corrected chi connectivity index (χ2v) is 6.50. The predicted molar refractivity (Wildman–Crippen MR) is 103 cm³/mol. The number of carbonyl (C=O) groups excluding carboxylic acids is 1. The lowest BCUT2D eigenvalue weighted by Gasteiger charge is -2.18. The van der Waals surface area contributed by atoms with E-state index in [1.165, 1.54) is 7.05 Å². The van der Waals surface area contributed by atoms with Crippen LogP contribution in [-0.4, -0.2) is 18.0 Å². The number of para-hydroxylation sites is 1. The number of allylic oxidation sites excluding steroid dienone is 2. The third kappa shape index (κ3) is 6.02. The van der Waals surface area contributed by atoms with Crippen LogP contribution in [0.2, 0.25) is 0 Å². The minimum absolute atomic E-state index is 0.0346. The number of amides is 1. The summed E-state index contributed by atoms with van der Waals surface area (Å²) in [7, 11) is 1.37. The van der Waals surface area contributed by atoms with Crippen LogP contribution in [-0.2, 0) is 4.79 Å². The van der Waals surface area contributed by atoms with Crippen molar-refractivity contribution in [1.82, 2.24) is 5.01 Å². The van der Waals surface area contributed by atoms with Gasteiger partial charge in [0.25, 0.3) is 5.91 Å². The third-order valence-corrected chi connectivity index (χ3v) is 3.96. The largest absolute Gasteiger partial charge is 0.322 e. The summed E-state index contributed by atoms with van der Waals surface area (Å²) < 4.78 is 14.3. The molecular weight excluding hydrogens is 317 g/mol. The minimum atomic E-state index is -0.722. The molecule has 3 N–H and O–H groups in total. The first-order valence-electron chi connectivity index (χ1n) is 8.75. The van der Waals surface area contributed by atoms with Crippen LogP contribution in [0.3, 0.4) is 0 Å². The molecule has 0 bridgehead atoms. The van der Waals surface area contributed by atoms with Crippen LogP contribution in [0.4, 0.5) is 10.1 Å². The zero-order valence-corrected chi connectivity index (χ0v) is 15.9. The molecule has 0 aliphatic heterocycles. The Bertz CT molecular complexity index is 648. The average molecular weight is 347 g/mol. The summed E-state index contributed by atoms with van der Waals surface area (Å²) in [6.07, 6.45) is 5.42. The lowest BCUT2D eigenvalue weighted by Crippen LogP contribution is -2.29. The van der Waals surface area contributed by atoms with E-state index in [1.54, 1.807) is 13.8 Å². The molecule has 1 rings (SSSR count). The van der Waals surface area contributed by atoms with Crippen molar-refractivity contribution in [3.05, 3.63) is 47.4 Å². The van der Waals surface area contributed by atoms with E-state index in [4.69, 9.17) is 5.84 Å². The van der Waals surface area contributed by atoms with Gasteiger partial charge in [-0.15, -0.1) is 0 Å². The second-order valence-electron chi connectivity index (χ2n) is 6.50. The van der Waals surface area contributed by atoms with E-state index in [0.717, 1.165) is 35.4 Å². The number of carbonyl (C=O) groups is 1. The quantitative estimate of drug-likeness (QED) is 0.232. The van der Waals surface area contributed by atoms with Crippen molar-refractivity contribution in [3.8, 4) is 0 Å². The molecule has 1 amide bonds. The Labute approximate surface area is 150 Å². The first kappa shape index (κ1) is 20.9. The molecule has 0 atom stereocenters. The predicted octanol–water partition coefficient (Wildman–Crippen LogP) is 4.86. The average Bonchev–Trinajstić information content (AvgIpc) is 2.55. The van der Waals surface area contributed by atoms with Gasteiger partial charge in [-0.25, -0.2) is 5.84 Å². The smallest absolute Gasteiger partial charge is 0.256 e. The van der Waals surface area contributed by atoms with Gasteiger partial charge in [0.05, 0.1) is 5.57 Å². The van der Waals surface area contributed by atoms with Gasteiger partial charge in [0.1, 0.15) is 0 Å². The van der Waals surface area contributed by atoms with Crippen molar-refractivity contribution in [3.63, 3.8) is 0 Å². The Morgan fingerprint density at radius 2 is 2.00 bits per heavy atom. The monoisotopic (exact) mass is 347 g/mol. The van der Waals surface area contributed by atoms with E-state index >= 15 is 0 Å². The number of nitrogens with two attached hydrogens (primary N) is 1. The van der Waals surface area contributed by atoms with Gasteiger partial charge >= 0.3 is 0 Å². The number of hydrazine groups is 1. The maximum absolute atomic E-state index is 14.3. The molecule has 5 heteroatoms. The zero-order chi connectivity index (χ0) is 19.0. The normalized spacial score (nSPS) is 12.9. The van der Waals surface area contributed by atoms with Crippen LogP contribution in [0.15, 0.2) is 41.9 Å². The lowest BCUT2D eigenvalue weighted by molar-refractivity contribution is -0.113. The summed E-state index contributed by atoms with van der Waals surface area (Å²) in [6.45, 7) is 7.70. The van der Waals surface area contributed by atoms with Crippen molar-refractivity contribution >= 4 is 17.2 Å². The fourth-order valence-corrected chi connectivity index (χ4v) is 2.54. The van der Waals surface area contributed by atoms with Crippen molar-refractivity contribution in [2.45, 2.75) is 47.0 Å². The highest BCUT2D eigenvalue weighted by molar-refractivity contribution is 6.05. The Morgan fingerprint density at radius 3 is 2.56 bits per heavy atom. The van der Waals surface area contributed by atoms with Gasteiger partial charge in [0, 0.05) is 18.3 Å². The second kappa shape index (κ2) is 9.99. The topological polar surface area (TPSA) is 58.4 Å². The molecule has 138 valence electrons. The maximum atomic E-state index is 14.3. The number of rotatable bonds is 8. The highest BCUT2D eigenvalue weighted by Crippen LogP contribution is 2.26. The van der Waals surface area contributed by atoms with E-state index in [1.807, 2.05) is 31.2 Å². The molecule has 0 unspecified atom stereocenters. The van der Waals surface area contributed by atoms with Crippen LogP contribution in [0.5, 0.6) is 0 Å². The van der Waals surface area contributed by atoms with Crippen molar-refractivity contribution in [2.24, 2.45) is 11.8 Å². The van der Waals surface area contributed by atoms with Crippen LogP contribution in [0.1, 0.15) is 52.5 Å². The van der Waals surface area contributed by atoms with E-state index < -0.39 is 11.9 Å². The molecule has 0 spiro atoms. The van der Waals surface area contributed by atoms with E-state index in [-0.39, 0.29) is 11.5 Å². The summed E-state index contributed by atoms with van der Waals surface area (Å²) in [5.74, 6) is 3.98. The first-order chi connectivity index (χ1) is 11.8. The fourth-order valence-electron chi connectivity index (χ4n) is 2.54. The molecule has 0 aliphatic carbocycles. The molecule has 0 saturated heterocycles. The highest BCUT2D eigenvalue weighted by atomic mass is 19.1. The molecular formula is C20H30FN3O. The molecule has 0 fully saturated rings. The molecule has 0 radical (unpaired) electrons. The van der Waals surface area contributed by atoms with E-state index in [0.29, 0.717) is 5.69 Å². The van der Waals surface area contributed by atoms with Gasteiger partial charge in [-0.3, -0.25) is 9.80 Å². The number of nitrogens with zero attached hydrogens (tertiary/aromatic N) is 1. The van der Waals surface area contributed by atoms with Gasteiger partial charge in [0.2, 0.25) is 5.95 Å². The SMILES string of the molecule is CCCC/C=C(/C)c1ccccc1NC(=O)/C(=C(\F)N(C)N)C(C)C. The number of hydrogen-bond acceptors (Lipinski definition) is 3. The van der Waals surface area contributed by atoms with Crippen molar-refractivity contribution in [2.75, 3.05) is 12.4 Å². The number of hydrogen-bond donors (Lipinski definition) is 2. The van der Waals surface area contributed by atoms with Gasteiger partial charge in [0.15, 0.2) is 0 Å². The van der Waals surface area contributed by atoms with Crippen LogP contribution in [0.25, 0.3) is 5.57 Å². The van der Waals surface area contributed by atoms with Crippen LogP contribution < -0.4 is 11.2 Å². The summed E-state index contributed by atoms with van der Waals surface area (Å²) in [4.78, 5) is 12.6. The summed E-state index contributed by atoms with van der Waals surface area (Å²) in [6, 6.07) is 7.56. The number of anilines is 1. The van der Waals surface area contributed by atoms with Crippen molar-refractivity contribution in [1.29, 1.82) is 0 Å². The number of unbranched alkanes of at least 4 members (excludes halogenated alkanes) is 2. The molecule has 0 aliphatic rings. The first-order valence-corrected chi connectivity index (χ1v) is 8.75. The van der Waals surface area contributed by atoms with Gasteiger partial charge < -0.3 is 5.32 Å². The van der Waals surface area contributed by atoms with Gasteiger partial charge in [-0.2, -0.15) is 4.39 Å². The zero-order valence-electron chi connectivity index (χ0n) is 15.9. The van der Waals surface area contributed by atoms with Crippen LogP contribution >= 0.6 is 0 Å². The lowest BCUT2D eigenvalue weighted by atomic mass is 10.0. The fraction of sp³-hybridized carbons (Fsp3) is 0.450. The summed E-state index contributed by atoms with van der Waals surface area (Å²) >= 11 is 0. The molecule has 1 aromatic rings. The molecule has 0 saturated carbocycles. The molecule has 0 aromatic heterocycles. The Morgan fingerprint density at radius 1 is 1.36 bits per heavy atom. The molecule has 25 heavy (non-hydrogen) atoms. The number of halogens is 1. The summed E-state index contributed by atoms with van der Waals surface area (Å²) in [5.41, 5.74) is 2.74. The van der Waals surface area contributed by atoms with Crippen LogP contribution in [0, 0.1) is 5.92 Å². The Hall–Kier alpha value is -2.14. The molecule has 0 heterocycles. The van der Waals surface area contributed by atoms with Crippen molar-refractivity contribution < 1.29 is 9.18 Å². The van der Waals surface area contributed by atoms with E-state index in [2.05, 4.69) is 18.3 Å². The van der Waals surface area contributed by atoms with Gasteiger partial charge in [-0.05, 0) is 30.9 Å².